The number of ether oxygens (including phenoxy) is 1. The van der Waals surface area contributed by atoms with Crippen LogP contribution in [0, 0.1) is 0 Å². The van der Waals surface area contributed by atoms with E-state index < -0.39 is 11.4 Å². The summed E-state index contributed by atoms with van der Waals surface area (Å²) in [4.78, 5) is 26.2. The van der Waals surface area contributed by atoms with Crippen LogP contribution in [0.25, 0.3) is 10.9 Å². The van der Waals surface area contributed by atoms with Crippen LogP contribution in [0.1, 0.15) is 10.4 Å². The van der Waals surface area contributed by atoms with Crippen molar-refractivity contribution in [3.8, 4) is 0 Å². The molecule has 0 fully saturated rings. The average molecular weight is 272 g/mol. The Morgan fingerprint density at radius 1 is 1.29 bits per heavy atom. The Balaban J connectivity index is 2.89. The fraction of sp³-hybridized carbons (Fsp3) is 0.0909. The van der Waals surface area contributed by atoms with Gasteiger partial charge in [0.25, 0.3) is 0 Å². The highest BCUT2D eigenvalue weighted by Gasteiger charge is 2.16. The summed E-state index contributed by atoms with van der Waals surface area (Å²) in [6.07, 6.45) is 1.26. The van der Waals surface area contributed by atoms with Gasteiger partial charge in [0.15, 0.2) is 0 Å². The molecular weight excluding hydrogens is 265 g/mol. The van der Waals surface area contributed by atoms with Crippen molar-refractivity contribution in [2.75, 3.05) is 7.11 Å². The second-order valence-corrected chi connectivity index (χ2v) is 4.12. The molecule has 1 N–H and O–H groups in total. The lowest BCUT2D eigenvalue weighted by Crippen LogP contribution is -2.17. The average Bonchev–Trinajstić information content (AvgIpc) is 2.33. The molecule has 6 heteroatoms. The molecule has 0 amide bonds. The van der Waals surface area contributed by atoms with Crippen molar-refractivity contribution in [3.63, 3.8) is 0 Å². The number of aromatic nitrogens is 1. The van der Waals surface area contributed by atoms with Gasteiger partial charge in [0.2, 0.25) is 5.43 Å². The molecule has 17 heavy (non-hydrogen) atoms. The summed E-state index contributed by atoms with van der Waals surface area (Å²) in [5, 5.41) is 0.774. The van der Waals surface area contributed by atoms with Gasteiger partial charge >= 0.3 is 5.97 Å². The number of fused-ring (bicyclic) bond motifs is 1. The van der Waals surface area contributed by atoms with E-state index in [1.807, 2.05) is 0 Å². The molecule has 0 aliphatic heterocycles. The van der Waals surface area contributed by atoms with Crippen molar-refractivity contribution in [2.45, 2.75) is 0 Å². The van der Waals surface area contributed by atoms with E-state index >= 15 is 0 Å². The Morgan fingerprint density at radius 2 is 1.94 bits per heavy atom. The smallest absolute Gasteiger partial charge is 0.343 e. The number of methoxy groups -OCH3 is 1. The quantitative estimate of drug-likeness (QED) is 0.812. The topological polar surface area (TPSA) is 59.2 Å². The fourth-order valence-electron chi connectivity index (χ4n) is 1.52. The van der Waals surface area contributed by atoms with Crippen LogP contribution in [-0.2, 0) is 4.74 Å². The Kier molecular flexibility index (Phi) is 3.09. The van der Waals surface area contributed by atoms with E-state index in [4.69, 9.17) is 23.2 Å². The largest absolute Gasteiger partial charge is 0.465 e. The Morgan fingerprint density at radius 3 is 2.59 bits per heavy atom. The van der Waals surface area contributed by atoms with Crippen LogP contribution < -0.4 is 5.43 Å². The van der Waals surface area contributed by atoms with Crippen LogP contribution in [0.2, 0.25) is 10.0 Å². The van der Waals surface area contributed by atoms with E-state index in [0.717, 1.165) is 0 Å². The summed E-state index contributed by atoms with van der Waals surface area (Å²) in [7, 11) is 1.20. The third kappa shape index (κ3) is 1.90. The van der Waals surface area contributed by atoms with Gasteiger partial charge in [0, 0.05) is 6.20 Å². The molecule has 88 valence electrons. The van der Waals surface area contributed by atoms with Gasteiger partial charge < -0.3 is 9.72 Å². The Bertz CT molecular complexity index is 664. The van der Waals surface area contributed by atoms with Crippen molar-refractivity contribution in [1.29, 1.82) is 0 Å². The van der Waals surface area contributed by atoms with Gasteiger partial charge in [0.1, 0.15) is 5.56 Å². The number of H-pyrrole nitrogens is 1. The van der Waals surface area contributed by atoms with Gasteiger partial charge in [-0.1, -0.05) is 23.2 Å². The van der Waals surface area contributed by atoms with Crippen LogP contribution in [0.5, 0.6) is 0 Å². The first kappa shape index (κ1) is 12.0. The number of hydrogen-bond acceptors (Lipinski definition) is 3. The van der Waals surface area contributed by atoms with E-state index in [2.05, 4.69) is 9.72 Å². The summed E-state index contributed by atoms with van der Waals surface area (Å²) in [5.74, 6) is -0.718. The molecule has 0 bridgehead atoms. The molecule has 2 rings (SSSR count). The van der Waals surface area contributed by atoms with Crippen molar-refractivity contribution in [3.05, 3.63) is 44.2 Å². The zero-order chi connectivity index (χ0) is 12.6. The zero-order valence-electron chi connectivity index (χ0n) is 8.71. The zero-order valence-corrected chi connectivity index (χ0v) is 10.2. The lowest BCUT2D eigenvalue weighted by atomic mass is 10.1. The third-order valence-corrected chi connectivity index (χ3v) is 2.97. The maximum absolute atomic E-state index is 12.0. The van der Waals surface area contributed by atoms with E-state index in [1.165, 1.54) is 19.4 Å². The first-order chi connectivity index (χ1) is 8.06. The van der Waals surface area contributed by atoms with Gasteiger partial charge in [-0.3, -0.25) is 4.79 Å². The number of hydrogen-bond donors (Lipinski definition) is 1. The molecule has 0 saturated heterocycles. The number of aromatic amines is 1. The number of rotatable bonds is 1. The van der Waals surface area contributed by atoms with E-state index in [-0.39, 0.29) is 16.0 Å². The highest BCUT2D eigenvalue weighted by atomic mass is 35.5. The predicted molar refractivity (Wildman–Crippen MR) is 65.9 cm³/mol. The predicted octanol–water partition coefficient (Wildman–Crippen LogP) is 2.62. The lowest BCUT2D eigenvalue weighted by Gasteiger charge is -2.04. The highest BCUT2D eigenvalue weighted by molar-refractivity contribution is 6.39. The molecule has 1 heterocycles. The number of carbonyl (C=O) groups is 1. The second kappa shape index (κ2) is 4.39. The SMILES string of the molecule is COC(=O)c1c[nH]c2c(Cl)ccc(Cl)c2c1=O. The molecule has 0 unspecified atom stereocenters. The van der Waals surface area contributed by atoms with Crippen molar-refractivity contribution in [2.24, 2.45) is 0 Å². The Labute approximate surface area is 106 Å². The maximum atomic E-state index is 12.0. The van der Waals surface area contributed by atoms with Crippen LogP contribution in [-0.4, -0.2) is 18.1 Å². The van der Waals surface area contributed by atoms with Gasteiger partial charge in [-0.2, -0.15) is 0 Å². The summed E-state index contributed by atoms with van der Waals surface area (Å²) in [6, 6.07) is 3.07. The molecule has 0 radical (unpaired) electrons. The standard InChI is InChI=1S/C11H7Cl2NO3/c1-17-11(16)5-4-14-9-7(13)3-2-6(12)8(9)10(5)15/h2-4H,1H3,(H,14,15). The summed E-state index contributed by atoms with van der Waals surface area (Å²) >= 11 is 11.8. The molecule has 0 atom stereocenters. The molecule has 0 aliphatic carbocycles. The minimum atomic E-state index is -0.718. The fourth-order valence-corrected chi connectivity index (χ4v) is 1.98. The van der Waals surface area contributed by atoms with Crippen LogP contribution in [0.4, 0.5) is 0 Å². The molecule has 2 aromatic rings. The van der Waals surface area contributed by atoms with Gasteiger partial charge in [0.05, 0.1) is 28.1 Å². The van der Waals surface area contributed by atoms with E-state index in [0.29, 0.717) is 10.5 Å². The van der Waals surface area contributed by atoms with Crippen LogP contribution in [0.3, 0.4) is 0 Å². The van der Waals surface area contributed by atoms with E-state index in [9.17, 15) is 9.59 Å². The number of esters is 1. The van der Waals surface area contributed by atoms with Crippen molar-refractivity contribution < 1.29 is 9.53 Å². The number of halogens is 2. The number of nitrogens with one attached hydrogen (secondary N) is 1. The summed E-state index contributed by atoms with van der Waals surface area (Å²) in [6.45, 7) is 0. The molecule has 0 spiro atoms. The lowest BCUT2D eigenvalue weighted by molar-refractivity contribution is 0.0599. The first-order valence-electron chi connectivity index (χ1n) is 4.64. The normalized spacial score (nSPS) is 10.5. The van der Waals surface area contributed by atoms with Crippen LogP contribution in [0.15, 0.2) is 23.1 Å². The van der Waals surface area contributed by atoms with Gasteiger partial charge in [-0.25, -0.2) is 4.79 Å². The van der Waals surface area contributed by atoms with Crippen molar-refractivity contribution >= 4 is 40.1 Å². The Hall–Kier alpha value is -1.52. The number of pyridine rings is 1. The molecule has 4 nitrogen and oxygen atoms in total. The van der Waals surface area contributed by atoms with Gasteiger partial charge in [-0.15, -0.1) is 0 Å². The van der Waals surface area contributed by atoms with E-state index in [1.54, 1.807) is 6.07 Å². The van der Waals surface area contributed by atoms with Crippen molar-refractivity contribution in [1.82, 2.24) is 4.98 Å². The monoisotopic (exact) mass is 271 g/mol. The minimum absolute atomic E-state index is 0.107. The molecule has 1 aromatic carbocycles. The third-order valence-electron chi connectivity index (χ3n) is 2.34. The number of carbonyl (C=O) groups excluding carboxylic acids is 1. The second-order valence-electron chi connectivity index (χ2n) is 3.30. The molecule has 1 aromatic heterocycles. The van der Waals surface area contributed by atoms with Gasteiger partial charge in [-0.05, 0) is 12.1 Å². The first-order valence-corrected chi connectivity index (χ1v) is 5.39. The minimum Gasteiger partial charge on any atom is -0.465 e. The molecule has 0 saturated carbocycles. The molecule has 0 aliphatic rings. The molecular formula is C11H7Cl2NO3. The summed E-state index contributed by atoms with van der Waals surface area (Å²) in [5.41, 5.74) is -0.209. The number of benzene rings is 1. The van der Waals surface area contributed by atoms with Crippen LogP contribution >= 0.6 is 23.2 Å². The highest BCUT2D eigenvalue weighted by Crippen LogP contribution is 2.25. The maximum Gasteiger partial charge on any atom is 0.343 e. The summed E-state index contributed by atoms with van der Waals surface area (Å²) < 4.78 is 4.50.